The van der Waals surface area contributed by atoms with Crippen molar-refractivity contribution in [2.24, 2.45) is 5.92 Å². The molecule has 104 valence electrons. The van der Waals surface area contributed by atoms with Gasteiger partial charge in [0.05, 0.1) is 5.60 Å². The highest BCUT2D eigenvalue weighted by molar-refractivity contribution is 5.85. The zero-order valence-electron chi connectivity index (χ0n) is 11.5. The number of aliphatic hydroxyl groups is 1. The molecule has 4 nitrogen and oxygen atoms in total. The van der Waals surface area contributed by atoms with Crippen LogP contribution in [0.1, 0.15) is 52.4 Å². The van der Waals surface area contributed by atoms with Gasteiger partial charge in [-0.1, -0.05) is 6.92 Å². The predicted octanol–water partition coefficient (Wildman–Crippen LogP) is 1.61. The Kier molecular flexibility index (Phi) is 3.97. The Balaban J connectivity index is 1.82. The molecular weight excluding hydrogens is 230 g/mol. The molecule has 2 aliphatic rings. The van der Waals surface area contributed by atoms with E-state index in [4.69, 9.17) is 4.74 Å². The number of rotatable bonds is 3. The second-order valence-electron chi connectivity index (χ2n) is 6.27. The molecule has 1 atom stereocenters. The SMILES string of the molecule is CC1CCC(O)(CNC(=O)C2(C)CCCO2)CC1. The first kappa shape index (κ1) is 13.8. The van der Waals surface area contributed by atoms with Crippen LogP contribution in [0.25, 0.3) is 0 Å². The molecule has 1 saturated carbocycles. The zero-order chi connectivity index (χ0) is 13.2. The molecule has 18 heavy (non-hydrogen) atoms. The van der Waals surface area contributed by atoms with E-state index < -0.39 is 11.2 Å². The van der Waals surface area contributed by atoms with E-state index in [1.165, 1.54) is 0 Å². The van der Waals surface area contributed by atoms with E-state index >= 15 is 0 Å². The molecule has 2 rings (SSSR count). The summed E-state index contributed by atoms with van der Waals surface area (Å²) in [6, 6.07) is 0. The first-order valence-corrected chi connectivity index (χ1v) is 7.08. The molecule has 1 unspecified atom stereocenters. The van der Waals surface area contributed by atoms with Gasteiger partial charge >= 0.3 is 0 Å². The van der Waals surface area contributed by atoms with Gasteiger partial charge in [0.25, 0.3) is 5.91 Å². The first-order valence-electron chi connectivity index (χ1n) is 7.08. The van der Waals surface area contributed by atoms with Crippen LogP contribution in [-0.2, 0) is 9.53 Å². The number of amides is 1. The molecule has 1 saturated heterocycles. The maximum absolute atomic E-state index is 12.1. The Bertz CT molecular complexity index is 302. The molecule has 0 bridgehead atoms. The van der Waals surface area contributed by atoms with Crippen molar-refractivity contribution < 1.29 is 14.6 Å². The van der Waals surface area contributed by atoms with Gasteiger partial charge in [-0.25, -0.2) is 0 Å². The van der Waals surface area contributed by atoms with E-state index in [2.05, 4.69) is 12.2 Å². The van der Waals surface area contributed by atoms with Crippen LogP contribution in [0.5, 0.6) is 0 Å². The Morgan fingerprint density at radius 1 is 1.39 bits per heavy atom. The van der Waals surface area contributed by atoms with Crippen molar-refractivity contribution >= 4 is 5.91 Å². The Morgan fingerprint density at radius 2 is 2.06 bits per heavy atom. The van der Waals surface area contributed by atoms with Crippen LogP contribution in [0.4, 0.5) is 0 Å². The first-order chi connectivity index (χ1) is 8.44. The van der Waals surface area contributed by atoms with E-state index in [0.717, 1.165) is 38.5 Å². The number of hydrogen-bond donors (Lipinski definition) is 2. The van der Waals surface area contributed by atoms with Crippen molar-refractivity contribution in [3.63, 3.8) is 0 Å². The van der Waals surface area contributed by atoms with Crippen molar-refractivity contribution in [3.8, 4) is 0 Å². The zero-order valence-corrected chi connectivity index (χ0v) is 11.5. The highest BCUT2D eigenvalue weighted by Crippen LogP contribution is 2.31. The molecule has 1 heterocycles. The lowest BCUT2D eigenvalue weighted by atomic mass is 9.79. The third-order valence-electron chi connectivity index (χ3n) is 4.48. The lowest BCUT2D eigenvalue weighted by Crippen LogP contribution is -2.51. The molecule has 0 aromatic rings. The molecule has 0 spiro atoms. The maximum Gasteiger partial charge on any atom is 0.252 e. The van der Waals surface area contributed by atoms with Crippen molar-refractivity contribution in [3.05, 3.63) is 0 Å². The Hall–Kier alpha value is -0.610. The minimum absolute atomic E-state index is 0.0768. The monoisotopic (exact) mass is 255 g/mol. The van der Waals surface area contributed by atoms with Crippen LogP contribution < -0.4 is 5.32 Å². The quantitative estimate of drug-likeness (QED) is 0.805. The van der Waals surface area contributed by atoms with Crippen molar-refractivity contribution in [2.45, 2.75) is 63.6 Å². The molecule has 2 fully saturated rings. The average molecular weight is 255 g/mol. The lowest BCUT2D eigenvalue weighted by molar-refractivity contribution is -0.141. The van der Waals surface area contributed by atoms with Gasteiger partial charge in [-0.15, -0.1) is 0 Å². The smallest absolute Gasteiger partial charge is 0.252 e. The number of nitrogens with one attached hydrogen (secondary N) is 1. The summed E-state index contributed by atoms with van der Waals surface area (Å²) in [6.45, 7) is 5.07. The van der Waals surface area contributed by atoms with Crippen LogP contribution in [0, 0.1) is 5.92 Å². The van der Waals surface area contributed by atoms with Gasteiger partial charge < -0.3 is 15.2 Å². The molecule has 0 aromatic carbocycles. The van der Waals surface area contributed by atoms with E-state index in [1.807, 2.05) is 6.92 Å². The van der Waals surface area contributed by atoms with Gasteiger partial charge in [-0.05, 0) is 51.4 Å². The van der Waals surface area contributed by atoms with Crippen LogP contribution in [-0.4, -0.2) is 35.4 Å². The summed E-state index contributed by atoms with van der Waals surface area (Å²) in [5.74, 6) is 0.615. The minimum Gasteiger partial charge on any atom is -0.388 e. The lowest BCUT2D eigenvalue weighted by Gasteiger charge is -2.35. The largest absolute Gasteiger partial charge is 0.388 e. The Morgan fingerprint density at radius 3 is 2.61 bits per heavy atom. The normalized spacial score (nSPS) is 40.7. The summed E-state index contributed by atoms with van der Waals surface area (Å²) in [6.07, 6.45) is 5.36. The van der Waals surface area contributed by atoms with Crippen molar-refractivity contribution in [1.29, 1.82) is 0 Å². The van der Waals surface area contributed by atoms with Crippen molar-refractivity contribution in [1.82, 2.24) is 5.32 Å². The fourth-order valence-electron chi connectivity index (χ4n) is 2.87. The second kappa shape index (κ2) is 5.17. The third kappa shape index (κ3) is 3.04. The molecule has 1 aliphatic heterocycles. The van der Waals surface area contributed by atoms with Gasteiger partial charge in [-0.3, -0.25) is 4.79 Å². The van der Waals surface area contributed by atoms with Gasteiger partial charge in [0.15, 0.2) is 0 Å². The summed E-state index contributed by atoms with van der Waals surface area (Å²) in [4.78, 5) is 12.1. The van der Waals surface area contributed by atoms with Crippen LogP contribution in [0.15, 0.2) is 0 Å². The molecular formula is C14H25NO3. The third-order valence-corrected chi connectivity index (χ3v) is 4.48. The van der Waals surface area contributed by atoms with Gasteiger partial charge in [-0.2, -0.15) is 0 Å². The van der Waals surface area contributed by atoms with Crippen LogP contribution in [0.3, 0.4) is 0 Å². The molecule has 4 heteroatoms. The summed E-state index contributed by atoms with van der Waals surface area (Å²) in [5.41, 5.74) is -1.39. The molecule has 1 amide bonds. The van der Waals surface area contributed by atoms with E-state index in [9.17, 15) is 9.90 Å². The molecule has 2 N–H and O–H groups in total. The highest BCUT2D eigenvalue weighted by Gasteiger charge is 2.39. The van der Waals surface area contributed by atoms with Gasteiger partial charge in [0, 0.05) is 13.2 Å². The highest BCUT2D eigenvalue weighted by atomic mass is 16.5. The number of ether oxygens (including phenoxy) is 1. The predicted molar refractivity (Wildman–Crippen MR) is 69.2 cm³/mol. The number of carbonyl (C=O) groups is 1. The number of hydrogen-bond acceptors (Lipinski definition) is 3. The van der Waals surface area contributed by atoms with E-state index in [1.54, 1.807) is 0 Å². The summed E-state index contributed by atoms with van der Waals surface area (Å²) >= 11 is 0. The molecule has 0 aromatic heterocycles. The Labute approximate surface area is 109 Å². The van der Waals surface area contributed by atoms with Gasteiger partial charge in [0.1, 0.15) is 5.60 Å². The van der Waals surface area contributed by atoms with Crippen LogP contribution >= 0.6 is 0 Å². The summed E-state index contributed by atoms with van der Waals surface area (Å²) in [5, 5.41) is 13.3. The standard InChI is InChI=1S/C14H25NO3/c1-11-4-7-14(17,8-5-11)10-15-12(16)13(2)6-3-9-18-13/h11,17H,3-10H2,1-2H3,(H,15,16). The maximum atomic E-state index is 12.1. The van der Waals surface area contributed by atoms with Crippen molar-refractivity contribution in [2.75, 3.05) is 13.2 Å². The molecule has 1 aliphatic carbocycles. The van der Waals surface area contributed by atoms with Crippen LogP contribution in [0.2, 0.25) is 0 Å². The topological polar surface area (TPSA) is 58.6 Å². The van der Waals surface area contributed by atoms with E-state index in [-0.39, 0.29) is 5.91 Å². The summed E-state index contributed by atoms with van der Waals surface area (Å²) < 4.78 is 5.50. The van der Waals surface area contributed by atoms with Gasteiger partial charge in [0.2, 0.25) is 0 Å². The minimum atomic E-state index is -0.711. The fourth-order valence-corrected chi connectivity index (χ4v) is 2.87. The van der Waals surface area contributed by atoms with E-state index in [0.29, 0.717) is 19.1 Å². The average Bonchev–Trinajstić information content (AvgIpc) is 2.79. The molecule has 0 radical (unpaired) electrons. The summed E-state index contributed by atoms with van der Waals surface area (Å²) in [7, 11) is 0. The number of carbonyl (C=O) groups excluding carboxylic acids is 1. The fraction of sp³-hybridized carbons (Fsp3) is 0.929. The second-order valence-corrected chi connectivity index (χ2v) is 6.27.